The van der Waals surface area contributed by atoms with Crippen LogP contribution in [0, 0.1) is 23.7 Å². The van der Waals surface area contributed by atoms with Crippen molar-refractivity contribution in [3.63, 3.8) is 0 Å². The standard InChI is InChI=1S/C16H18N2O5/c19-11(17-5-1-2-10(17)16(22)23)7-18-14(20)12-8-3-4-9(6-8)13(12)15(18)21/h3-4,8-10,12-13H,1-2,5-7H2,(H,22,23)/t8-,9-,10-,12-,13-/m0/s1. The van der Waals surface area contributed by atoms with Crippen LogP contribution in [0.15, 0.2) is 12.2 Å². The van der Waals surface area contributed by atoms with Crippen LogP contribution in [0.5, 0.6) is 0 Å². The van der Waals surface area contributed by atoms with E-state index in [1.807, 2.05) is 12.2 Å². The van der Waals surface area contributed by atoms with Gasteiger partial charge < -0.3 is 10.0 Å². The lowest BCUT2D eigenvalue weighted by Gasteiger charge is -2.24. The quantitative estimate of drug-likeness (QED) is 0.578. The van der Waals surface area contributed by atoms with E-state index in [0.717, 1.165) is 11.3 Å². The number of imide groups is 1. The summed E-state index contributed by atoms with van der Waals surface area (Å²) in [5.41, 5.74) is 0. The number of carbonyl (C=O) groups is 4. The molecule has 1 N–H and O–H groups in total. The normalized spacial score (nSPS) is 37.8. The topological polar surface area (TPSA) is 95.0 Å². The molecule has 0 unspecified atom stereocenters. The van der Waals surface area contributed by atoms with Gasteiger partial charge in [0.15, 0.2) is 0 Å². The van der Waals surface area contributed by atoms with E-state index in [0.29, 0.717) is 19.4 Å². The molecule has 3 fully saturated rings. The number of nitrogens with zero attached hydrogens (tertiary/aromatic N) is 2. The first-order chi connectivity index (χ1) is 11.0. The molecule has 7 nitrogen and oxygen atoms in total. The first kappa shape index (κ1) is 14.4. The first-order valence-electron chi connectivity index (χ1n) is 8.05. The van der Waals surface area contributed by atoms with E-state index >= 15 is 0 Å². The number of hydrogen-bond donors (Lipinski definition) is 1. The molecule has 2 bridgehead atoms. The Morgan fingerprint density at radius 3 is 2.30 bits per heavy atom. The van der Waals surface area contributed by atoms with Crippen molar-refractivity contribution < 1.29 is 24.3 Å². The highest BCUT2D eigenvalue weighted by Crippen LogP contribution is 2.52. The van der Waals surface area contributed by atoms with Gasteiger partial charge in [-0.2, -0.15) is 0 Å². The molecule has 0 aromatic heterocycles. The van der Waals surface area contributed by atoms with Gasteiger partial charge >= 0.3 is 5.97 Å². The molecule has 2 aliphatic carbocycles. The van der Waals surface area contributed by atoms with Crippen LogP contribution in [0.3, 0.4) is 0 Å². The molecule has 0 aromatic carbocycles. The number of rotatable bonds is 3. The van der Waals surface area contributed by atoms with Crippen molar-refractivity contribution in [1.29, 1.82) is 0 Å². The van der Waals surface area contributed by atoms with Crippen LogP contribution in [0.2, 0.25) is 0 Å². The molecule has 3 amide bonds. The van der Waals surface area contributed by atoms with Gasteiger partial charge in [-0.15, -0.1) is 0 Å². The fraction of sp³-hybridized carbons (Fsp3) is 0.625. The predicted octanol–water partition coefficient (Wildman–Crippen LogP) is -0.131. The van der Waals surface area contributed by atoms with Gasteiger partial charge in [0, 0.05) is 6.54 Å². The van der Waals surface area contributed by atoms with Crippen molar-refractivity contribution in [3.05, 3.63) is 12.2 Å². The van der Waals surface area contributed by atoms with Crippen molar-refractivity contribution in [2.24, 2.45) is 23.7 Å². The molecule has 2 heterocycles. The number of amides is 3. The van der Waals surface area contributed by atoms with E-state index < -0.39 is 17.9 Å². The monoisotopic (exact) mass is 318 g/mol. The predicted molar refractivity (Wildman–Crippen MR) is 76.8 cm³/mol. The smallest absolute Gasteiger partial charge is 0.326 e. The minimum Gasteiger partial charge on any atom is -0.480 e. The maximum absolute atomic E-state index is 12.5. The Morgan fingerprint density at radius 1 is 1.13 bits per heavy atom. The zero-order chi connectivity index (χ0) is 16.3. The Morgan fingerprint density at radius 2 is 1.74 bits per heavy atom. The second-order valence-electron chi connectivity index (χ2n) is 6.85. The average Bonchev–Trinajstić information content (AvgIpc) is 3.26. The van der Waals surface area contributed by atoms with Gasteiger partial charge in [0.05, 0.1) is 11.8 Å². The van der Waals surface area contributed by atoms with Gasteiger partial charge in [0.25, 0.3) is 0 Å². The maximum Gasteiger partial charge on any atom is 0.326 e. The third-order valence-electron chi connectivity index (χ3n) is 5.71. The van der Waals surface area contributed by atoms with Crippen LogP contribution in [-0.4, -0.2) is 57.7 Å². The van der Waals surface area contributed by atoms with Gasteiger partial charge in [-0.05, 0) is 31.1 Å². The average molecular weight is 318 g/mol. The Bertz CT molecular complexity index is 612. The van der Waals surface area contributed by atoms with Crippen molar-refractivity contribution in [2.45, 2.75) is 25.3 Å². The van der Waals surface area contributed by atoms with Crippen molar-refractivity contribution in [1.82, 2.24) is 9.80 Å². The molecule has 1 saturated carbocycles. The summed E-state index contributed by atoms with van der Waals surface area (Å²) in [6.45, 7) is 0.0412. The second-order valence-corrected chi connectivity index (χ2v) is 6.85. The Hall–Kier alpha value is -2.18. The number of carbonyl (C=O) groups excluding carboxylic acids is 3. The number of likely N-dealkylation sites (tertiary alicyclic amines) is 2. The summed E-state index contributed by atoms with van der Waals surface area (Å²) in [5, 5.41) is 9.16. The summed E-state index contributed by atoms with van der Waals surface area (Å²) in [6.07, 6.45) is 5.90. The van der Waals surface area contributed by atoms with Gasteiger partial charge in [0.2, 0.25) is 17.7 Å². The summed E-state index contributed by atoms with van der Waals surface area (Å²) in [6, 6.07) is -0.840. The largest absolute Gasteiger partial charge is 0.480 e. The Balaban J connectivity index is 1.50. The van der Waals surface area contributed by atoms with Crippen LogP contribution >= 0.6 is 0 Å². The van der Waals surface area contributed by atoms with Gasteiger partial charge in [-0.25, -0.2) is 4.79 Å². The second kappa shape index (κ2) is 4.91. The molecule has 122 valence electrons. The van der Waals surface area contributed by atoms with Crippen LogP contribution < -0.4 is 0 Å². The lowest BCUT2D eigenvalue weighted by atomic mass is 9.85. The first-order valence-corrected chi connectivity index (χ1v) is 8.05. The molecule has 4 aliphatic rings. The van der Waals surface area contributed by atoms with Gasteiger partial charge in [0.1, 0.15) is 12.6 Å². The zero-order valence-corrected chi connectivity index (χ0v) is 12.6. The molecule has 0 radical (unpaired) electrons. The van der Waals surface area contributed by atoms with Gasteiger partial charge in [-0.1, -0.05) is 12.2 Å². The molecular weight excluding hydrogens is 300 g/mol. The number of hydrogen-bond acceptors (Lipinski definition) is 4. The maximum atomic E-state index is 12.5. The van der Waals surface area contributed by atoms with Crippen molar-refractivity contribution in [2.75, 3.05) is 13.1 Å². The van der Waals surface area contributed by atoms with Crippen LogP contribution in [0.25, 0.3) is 0 Å². The van der Waals surface area contributed by atoms with E-state index in [2.05, 4.69) is 0 Å². The third kappa shape index (κ3) is 1.95. The number of fused-ring (bicyclic) bond motifs is 5. The van der Waals surface area contributed by atoms with E-state index in [1.165, 1.54) is 4.90 Å². The molecule has 2 aliphatic heterocycles. The fourth-order valence-electron chi connectivity index (χ4n) is 4.67. The molecular formula is C16H18N2O5. The summed E-state index contributed by atoms with van der Waals surface area (Å²) >= 11 is 0. The lowest BCUT2D eigenvalue weighted by Crippen LogP contribution is -2.47. The van der Waals surface area contributed by atoms with Crippen LogP contribution in [0.4, 0.5) is 0 Å². The molecule has 0 aromatic rings. The van der Waals surface area contributed by atoms with Gasteiger partial charge in [-0.3, -0.25) is 19.3 Å². The fourth-order valence-corrected chi connectivity index (χ4v) is 4.67. The lowest BCUT2D eigenvalue weighted by molar-refractivity contribution is -0.151. The molecule has 23 heavy (non-hydrogen) atoms. The highest BCUT2D eigenvalue weighted by Gasteiger charge is 2.59. The van der Waals surface area contributed by atoms with Crippen molar-refractivity contribution in [3.8, 4) is 0 Å². The van der Waals surface area contributed by atoms with Crippen molar-refractivity contribution >= 4 is 23.7 Å². The highest BCUT2D eigenvalue weighted by atomic mass is 16.4. The molecule has 2 saturated heterocycles. The summed E-state index contributed by atoms with van der Waals surface area (Å²) in [4.78, 5) is 51.0. The third-order valence-corrected chi connectivity index (χ3v) is 5.71. The van der Waals surface area contributed by atoms with Crippen LogP contribution in [-0.2, 0) is 19.2 Å². The zero-order valence-electron chi connectivity index (χ0n) is 12.6. The van der Waals surface area contributed by atoms with E-state index in [1.54, 1.807) is 0 Å². The number of allylic oxidation sites excluding steroid dienone is 2. The number of aliphatic carboxylic acids is 1. The molecule has 5 atom stereocenters. The van der Waals surface area contributed by atoms with E-state index in [4.69, 9.17) is 5.11 Å². The van der Waals surface area contributed by atoms with E-state index in [-0.39, 0.29) is 42.0 Å². The summed E-state index contributed by atoms with van der Waals surface area (Å²) in [5.74, 6) is -2.43. The number of carboxylic acid groups (broad SMARTS) is 1. The molecule has 4 rings (SSSR count). The minimum atomic E-state index is -1.03. The Kier molecular flexibility index (Phi) is 3.08. The highest BCUT2D eigenvalue weighted by molar-refractivity contribution is 6.08. The summed E-state index contributed by atoms with van der Waals surface area (Å²) in [7, 11) is 0. The SMILES string of the molecule is O=C(O)[C@@H]1CCCN1C(=O)CN1C(=O)[C@@H]2[C@@H](C1=O)[C@H]1C=C[C@H]2C1. The van der Waals surface area contributed by atoms with Crippen LogP contribution in [0.1, 0.15) is 19.3 Å². The molecule has 0 spiro atoms. The minimum absolute atomic E-state index is 0.111. The number of carboxylic acids is 1. The summed E-state index contributed by atoms with van der Waals surface area (Å²) < 4.78 is 0. The Labute approximate surface area is 132 Å². The van der Waals surface area contributed by atoms with E-state index in [9.17, 15) is 19.2 Å². The molecule has 7 heteroatoms.